The van der Waals surface area contributed by atoms with E-state index in [9.17, 15) is 9.18 Å². The number of thiophene rings is 1. The number of hydrogen-bond donors (Lipinski definition) is 0. The predicted molar refractivity (Wildman–Crippen MR) is 127 cm³/mol. The third-order valence-corrected chi connectivity index (χ3v) is 7.17. The largest absolute Gasteiger partial charge is 0.489 e. The van der Waals surface area contributed by atoms with E-state index >= 15 is 0 Å². The minimum atomic E-state index is -0.287. The zero-order valence-corrected chi connectivity index (χ0v) is 19.8. The maximum Gasteiger partial charge on any atom is 0.264 e. The van der Waals surface area contributed by atoms with Gasteiger partial charge in [-0.25, -0.2) is 4.39 Å². The van der Waals surface area contributed by atoms with Crippen LogP contribution in [0.4, 0.5) is 4.39 Å². The third-order valence-electron chi connectivity index (χ3n) is 5.85. The summed E-state index contributed by atoms with van der Waals surface area (Å²) in [6.45, 7) is 7.61. The fourth-order valence-electron chi connectivity index (χ4n) is 3.71. The van der Waals surface area contributed by atoms with Crippen LogP contribution in [0.5, 0.6) is 5.75 Å². The van der Waals surface area contributed by atoms with Crippen LogP contribution in [-0.4, -0.2) is 41.9 Å². The Kier molecular flexibility index (Phi) is 7.13. The summed E-state index contributed by atoms with van der Waals surface area (Å²) in [6, 6.07) is 12.7. The molecular weight excluding hydrogens is 447 g/mol. The molecule has 4 nitrogen and oxygen atoms in total. The van der Waals surface area contributed by atoms with Gasteiger partial charge in [-0.15, -0.1) is 11.3 Å². The lowest BCUT2D eigenvalue weighted by Gasteiger charge is -2.34. The highest BCUT2D eigenvalue weighted by Gasteiger charge is 2.24. The zero-order chi connectivity index (χ0) is 22.7. The fraction of sp³-hybridized carbons (Fsp3) is 0.320. The first-order valence-electron chi connectivity index (χ1n) is 10.6. The van der Waals surface area contributed by atoms with Crippen LogP contribution in [0.1, 0.15) is 31.9 Å². The molecule has 0 spiro atoms. The molecule has 0 unspecified atom stereocenters. The SMILES string of the molecule is Cc1ccc(OCc2csc(C(=O)N3CCN(Cc4c(F)cccc4Cl)CC3)c2)cc1C. The van der Waals surface area contributed by atoms with Crippen molar-refractivity contribution >= 4 is 28.8 Å². The fourth-order valence-corrected chi connectivity index (χ4v) is 4.79. The number of benzene rings is 2. The van der Waals surface area contributed by atoms with Gasteiger partial charge in [-0.3, -0.25) is 9.69 Å². The zero-order valence-electron chi connectivity index (χ0n) is 18.2. The summed E-state index contributed by atoms with van der Waals surface area (Å²) in [4.78, 5) is 17.6. The number of hydrogen-bond acceptors (Lipinski definition) is 4. The van der Waals surface area contributed by atoms with Crippen LogP contribution < -0.4 is 4.74 Å². The summed E-state index contributed by atoms with van der Waals surface area (Å²) in [5.74, 6) is 0.583. The number of halogens is 2. The van der Waals surface area contributed by atoms with Crippen LogP contribution in [0.25, 0.3) is 0 Å². The van der Waals surface area contributed by atoms with Crippen molar-refractivity contribution < 1.29 is 13.9 Å². The number of ether oxygens (including phenoxy) is 1. The maximum absolute atomic E-state index is 14.1. The van der Waals surface area contributed by atoms with E-state index in [0.29, 0.717) is 54.8 Å². The summed E-state index contributed by atoms with van der Waals surface area (Å²) < 4.78 is 19.9. The van der Waals surface area contributed by atoms with Gasteiger partial charge in [0.25, 0.3) is 5.91 Å². The van der Waals surface area contributed by atoms with Gasteiger partial charge in [0.15, 0.2) is 0 Å². The molecule has 3 aromatic rings. The van der Waals surface area contributed by atoms with Crippen molar-refractivity contribution in [1.82, 2.24) is 9.80 Å². The van der Waals surface area contributed by atoms with Crippen molar-refractivity contribution in [3.63, 3.8) is 0 Å². The third kappa shape index (κ3) is 5.31. The van der Waals surface area contributed by atoms with E-state index in [1.165, 1.54) is 28.5 Å². The number of piperazine rings is 1. The highest BCUT2D eigenvalue weighted by Crippen LogP contribution is 2.24. The summed E-state index contributed by atoms with van der Waals surface area (Å²) in [5.41, 5.74) is 3.93. The molecular formula is C25H26ClFN2O2S. The molecule has 1 aliphatic rings. The number of rotatable bonds is 6. The average Bonchev–Trinajstić information content (AvgIpc) is 3.26. The Hall–Kier alpha value is -2.41. The Balaban J connectivity index is 1.30. The minimum absolute atomic E-state index is 0.0380. The second-order valence-corrected chi connectivity index (χ2v) is 9.44. The van der Waals surface area contributed by atoms with Gasteiger partial charge in [0.05, 0.1) is 4.88 Å². The van der Waals surface area contributed by atoms with Gasteiger partial charge in [-0.05, 0) is 60.7 Å². The van der Waals surface area contributed by atoms with Crippen LogP contribution in [-0.2, 0) is 13.2 Å². The van der Waals surface area contributed by atoms with E-state index in [2.05, 4.69) is 18.7 Å². The Labute approximate surface area is 197 Å². The van der Waals surface area contributed by atoms with E-state index in [-0.39, 0.29) is 11.7 Å². The topological polar surface area (TPSA) is 32.8 Å². The molecule has 0 N–H and O–H groups in total. The van der Waals surface area contributed by atoms with Crippen molar-refractivity contribution in [3.05, 3.63) is 85.8 Å². The van der Waals surface area contributed by atoms with E-state index in [1.54, 1.807) is 12.1 Å². The molecule has 0 atom stereocenters. The number of carbonyl (C=O) groups excluding carboxylic acids is 1. The summed E-state index contributed by atoms with van der Waals surface area (Å²) >= 11 is 7.60. The van der Waals surface area contributed by atoms with Crippen molar-refractivity contribution in [1.29, 1.82) is 0 Å². The lowest BCUT2D eigenvalue weighted by atomic mass is 10.1. The van der Waals surface area contributed by atoms with Gasteiger partial charge in [-0.1, -0.05) is 23.7 Å². The molecule has 7 heteroatoms. The van der Waals surface area contributed by atoms with Crippen LogP contribution in [0.3, 0.4) is 0 Å². The molecule has 0 saturated carbocycles. The first-order chi connectivity index (χ1) is 15.4. The molecule has 1 aromatic heterocycles. The molecule has 1 saturated heterocycles. The summed E-state index contributed by atoms with van der Waals surface area (Å²) in [6.07, 6.45) is 0. The first-order valence-corrected chi connectivity index (χ1v) is 11.9. The van der Waals surface area contributed by atoms with Crippen molar-refractivity contribution in [2.24, 2.45) is 0 Å². The van der Waals surface area contributed by atoms with Gasteiger partial charge in [0.2, 0.25) is 0 Å². The van der Waals surface area contributed by atoms with Gasteiger partial charge < -0.3 is 9.64 Å². The second-order valence-electron chi connectivity index (χ2n) is 8.12. The second kappa shape index (κ2) is 10.0. The molecule has 0 radical (unpaired) electrons. The van der Waals surface area contributed by atoms with Gasteiger partial charge in [-0.2, -0.15) is 0 Å². The molecule has 1 aliphatic heterocycles. The smallest absolute Gasteiger partial charge is 0.264 e. The molecule has 0 bridgehead atoms. The number of amides is 1. The molecule has 4 rings (SSSR count). The lowest BCUT2D eigenvalue weighted by molar-refractivity contribution is 0.0631. The standard InChI is InChI=1S/C25H26ClFN2O2S/c1-17-6-7-20(12-18(17)2)31-15-19-13-24(32-16-19)25(30)29-10-8-28(9-11-29)14-21-22(26)4-3-5-23(21)27/h3-7,12-13,16H,8-11,14-15H2,1-2H3. The van der Waals surface area contributed by atoms with Crippen molar-refractivity contribution in [2.75, 3.05) is 26.2 Å². The van der Waals surface area contributed by atoms with E-state index in [1.807, 2.05) is 34.5 Å². The van der Waals surface area contributed by atoms with Gasteiger partial charge in [0, 0.05) is 48.9 Å². The Morgan fingerprint density at radius 3 is 2.59 bits per heavy atom. The molecule has 0 aliphatic carbocycles. The molecule has 1 fully saturated rings. The van der Waals surface area contributed by atoms with Crippen molar-refractivity contribution in [2.45, 2.75) is 27.0 Å². The Morgan fingerprint density at radius 1 is 1.09 bits per heavy atom. The van der Waals surface area contributed by atoms with Gasteiger partial charge >= 0.3 is 0 Å². The number of carbonyl (C=O) groups is 1. The van der Waals surface area contributed by atoms with E-state index in [4.69, 9.17) is 16.3 Å². The van der Waals surface area contributed by atoms with Crippen molar-refractivity contribution in [3.8, 4) is 5.75 Å². The van der Waals surface area contributed by atoms with E-state index < -0.39 is 0 Å². The van der Waals surface area contributed by atoms with Crippen LogP contribution >= 0.6 is 22.9 Å². The maximum atomic E-state index is 14.1. The van der Waals surface area contributed by atoms with E-state index in [0.717, 1.165) is 11.3 Å². The number of aryl methyl sites for hydroxylation is 2. The summed E-state index contributed by atoms with van der Waals surface area (Å²) in [7, 11) is 0. The normalized spacial score (nSPS) is 14.6. The monoisotopic (exact) mass is 472 g/mol. The quantitative estimate of drug-likeness (QED) is 0.461. The first kappa shape index (κ1) is 22.8. The molecule has 168 valence electrons. The highest BCUT2D eigenvalue weighted by atomic mass is 35.5. The molecule has 2 heterocycles. The van der Waals surface area contributed by atoms with Crippen LogP contribution in [0.2, 0.25) is 5.02 Å². The highest BCUT2D eigenvalue weighted by molar-refractivity contribution is 7.12. The lowest BCUT2D eigenvalue weighted by Crippen LogP contribution is -2.48. The minimum Gasteiger partial charge on any atom is -0.489 e. The van der Waals surface area contributed by atoms with Gasteiger partial charge in [0.1, 0.15) is 18.2 Å². The molecule has 1 amide bonds. The number of nitrogens with zero attached hydrogens (tertiary/aromatic N) is 2. The average molecular weight is 473 g/mol. The predicted octanol–water partition coefficient (Wildman–Crippen LogP) is 5.69. The summed E-state index contributed by atoms with van der Waals surface area (Å²) in [5, 5.41) is 2.42. The Bertz CT molecular complexity index is 1090. The Morgan fingerprint density at radius 2 is 1.88 bits per heavy atom. The molecule has 2 aromatic carbocycles. The molecule has 32 heavy (non-hydrogen) atoms. The van der Waals surface area contributed by atoms with Crippen LogP contribution in [0, 0.1) is 19.7 Å². The van der Waals surface area contributed by atoms with Crippen LogP contribution in [0.15, 0.2) is 47.8 Å².